The molecule has 37 heavy (non-hydrogen) atoms. The molecule has 0 aliphatic rings. The molecule has 2 amide bonds. The highest BCUT2D eigenvalue weighted by molar-refractivity contribution is 7.90. The van der Waals surface area contributed by atoms with Gasteiger partial charge < -0.3 is 10.1 Å². The van der Waals surface area contributed by atoms with Crippen LogP contribution in [0.3, 0.4) is 0 Å². The Morgan fingerprint density at radius 1 is 1.00 bits per heavy atom. The van der Waals surface area contributed by atoms with Crippen LogP contribution in [0, 0.1) is 5.92 Å². The maximum absolute atomic E-state index is 12.6. The smallest absolute Gasteiger partial charge is 0.356 e. The van der Waals surface area contributed by atoms with Crippen molar-refractivity contribution in [1.29, 1.82) is 0 Å². The van der Waals surface area contributed by atoms with Crippen LogP contribution in [0.4, 0.5) is 0 Å². The second-order valence-corrected chi connectivity index (χ2v) is 10.7. The summed E-state index contributed by atoms with van der Waals surface area (Å²) in [7, 11) is -4.11. The Morgan fingerprint density at radius 3 is 2.32 bits per heavy atom. The Bertz CT molecular complexity index is 1130. The normalized spacial score (nSPS) is 12.0. The van der Waals surface area contributed by atoms with Gasteiger partial charge in [-0.15, -0.1) is 0 Å². The lowest BCUT2D eigenvalue weighted by Crippen LogP contribution is -2.30. The van der Waals surface area contributed by atoms with Crippen molar-refractivity contribution in [2.45, 2.75) is 70.6 Å². The van der Waals surface area contributed by atoms with Crippen molar-refractivity contribution in [3.63, 3.8) is 0 Å². The van der Waals surface area contributed by atoms with Crippen molar-refractivity contribution in [2.24, 2.45) is 5.92 Å². The SMILES string of the molecule is CCCCC(=O)NCCc1ccc(S(=O)(=O)NC(=O)c2ccc(C(=O)OCC(C)CCCC)nc2)cc1. The van der Waals surface area contributed by atoms with E-state index in [1.165, 1.54) is 24.3 Å². The van der Waals surface area contributed by atoms with E-state index in [0.29, 0.717) is 19.4 Å². The number of carbonyl (C=O) groups excluding carboxylic acids is 3. The van der Waals surface area contributed by atoms with Crippen LogP contribution < -0.4 is 10.0 Å². The second-order valence-electron chi connectivity index (χ2n) is 9.06. The van der Waals surface area contributed by atoms with E-state index >= 15 is 0 Å². The minimum atomic E-state index is -4.11. The monoisotopic (exact) mass is 531 g/mol. The van der Waals surface area contributed by atoms with Gasteiger partial charge >= 0.3 is 5.97 Å². The minimum Gasteiger partial charge on any atom is -0.461 e. The van der Waals surface area contributed by atoms with Gasteiger partial charge in [0, 0.05) is 19.2 Å². The van der Waals surface area contributed by atoms with Crippen LogP contribution >= 0.6 is 0 Å². The van der Waals surface area contributed by atoms with E-state index in [1.54, 1.807) is 12.1 Å². The number of nitrogens with zero attached hydrogens (tertiary/aromatic N) is 1. The summed E-state index contributed by atoms with van der Waals surface area (Å²) >= 11 is 0. The Labute approximate surface area is 219 Å². The molecule has 0 bridgehead atoms. The molecule has 0 spiro atoms. The van der Waals surface area contributed by atoms with E-state index in [4.69, 9.17) is 4.74 Å². The lowest BCUT2D eigenvalue weighted by Gasteiger charge is -2.11. The molecule has 202 valence electrons. The predicted molar refractivity (Wildman–Crippen MR) is 141 cm³/mol. The summed E-state index contributed by atoms with van der Waals surface area (Å²) in [4.78, 5) is 40.2. The van der Waals surface area contributed by atoms with Crippen molar-refractivity contribution < 1.29 is 27.5 Å². The summed E-state index contributed by atoms with van der Waals surface area (Å²) in [5.41, 5.74) is 0.888. The molecular formula is C27H37N3O6S. The topological polar surface area (TPSA) is 132 Å². The number of hydrogen-bond donors (Lipinski definition) is 2. The number of aromatic nitrogens is 1. The zero-order chi connectivity index (χ0) is 27.3. The second kappa shape index (κ2) is 15.1. The molecule has 1 aromatic carbocycles. The van der Waals surface area contributed by atoms with E-state index in [1.807, 2.05) is 18.6 Å². The van der Waals surface area contributed by atoms with Crippen LogP contribution in [-0.4, -0.2) is 44.3 Å². The zero-order valence-electron chi connectivity index (χ0n) is 21.8. The number of sulfonamides is 1. The van der Waals surface area contributed by atoms with Crippen molar-refractivity contribution in [3.8, 4) is 0 Å². The van der Waals surface area contributed by atoms with Gasteiger partial charge in [0.2, 0.25) is 5.91 Å². The first-order valence-corrected chi connectivity index (χ1v) is 14.2. The number of benzene rings is 1. The molecule has 0 saturated heterocycles. The quantitative estimate of drug-likeness (QED) is 0.332. The first-order chi connectivity index (χ1) is 17.7. The van der Waals surface area contributed by atoms with Crippen LogP contribution in [0.25, 0.3) is 0 Å². The van der Waals surface area contributed by atoms with Gasteiger partial charge in [0.25, 0.3) is 15.9 Å². The highest BCUT2D eigenvalue weighted by atomic mass is 32.2. The number of hydrogen-bond acceptors (Lipinski definition) is 7. The summed E-state index contributed by atoms with van der Waals surface area (Å²) in [6, 6.07) is 8.75. The fourth-order valence-electron chi connectivity index (χ4n) is 3.42. The molecule has 1 atom stereocenters. The van der Waals surface area contributed by atoms with Crippen molar-refractivity contribution in [2.75, 3.05) is 13.2 Å². The Balaban J connectivity index is 1.89. The minimum absolute atomic E-state index is 0.000169. The highest BCUT2D eigenvalue weighted by Crippen LogP contribution is 2.13. The van der Waals surface area contributed by atoms with Gasteiger partial charge in [-0.3, -0.25) is 9.59 Å². The van der Waals surface area contributed by atoms with Crippen LogP contribution in [0.2, 0.25) is 0 Å². The lowest BCUT2D eigenvalue weighted by molar-refractivity contribution is -0.121. The van der Waals surface area contributed by atoms with Crippen LogP contribution in [0.15, 0.2) is 47.5 Å². The third kappa shape index (κ3) is 10.3. The number of nitrogens with one attached hydrogen (secondary N) is 2. The molecular weight excluding hydrogens is 494 g/mol. The molecule has 1 unspecified atom stereocenters. The average Bonchev–Trinajstić information content (AvgIpc) is 2.89. The van der Waals surface area contributed by atoms with Crippen LogP contribution in [-0.2, 0) is 26.0 Å². The molecule has 10 heteroatoms. The van der Waals surface area contributed by atoms with Gasteiger partial charge in [-0.05, 0) is 55.0 Å². The molecule has 0 fully saturated rings. The van der Waals surface area contributed by atoms with Crippen molar-refractivity contribution >= 4 is 27.8 Å². The number of pyridine rings is 1. The van der Waals surface area contributed by atoms with Gasteiger partial charge in [-0.25, -0.2) is 22.9 Å². The third-order valence-corrected chi connectivity index (χ3v) is 7.09. The average molecular weight is 532 g/mol. The highest BCUT2D eigenvalue weighted by Gasteiger charge is 2.20. The third-order valence-electron chi connectivity index (χ3n) is 5.74. The first kappa shape index (κ1) is 30.0. The summed E-state index contributed by atoms with van der Waals surface area (Å²) < 4.78 is 32.6. The van der Waals surface area contributed by atoms with Crippen molar-refractivity contribution in [1.82, 2.24) is 15.0 Å². The fraction of sp³-hybridized carbons (Fsp3) is 0.481. The number of esters is 1. The summed E-state index contributed by atoms with van der Waals surface area (Å²) in [5.74, 6) is -1.21. The molecule has 0 saturated carbocycles. The standard InChI is InChI=1S/C27H37N3O6S/c1-4-6-8-20(3)19-36-27(33)24-15-12-22(18-29-24)26(32)30-37(34,35)23-13-10-21(11-14-23)16-17-28-25(31)9-7-5-2/h10-15,18,20H,4-9,16-17,19H2,1-3H3,(H,28,31)(H,30,32). The molecule has 2 rings (SSSR count). The molecule has 2 N–H and O–H groups in total. The van der Waals surface area contributed by atoms with E-state index < -0.39 is 21.9 Å². The zero-order valence-corrected chi connectivity index (χ0v) is 22.6. The molecule has 1 heterocycles. The van der Waals surface area contributed by atoms with Gasteiger partial charge in [0.15, 0.2) is 0 Å². The molecule has 1 aromatic heterocycles. The van der Waals surface area contributed by atoms with E-state index in [9.17, 15) is 22.8 Å². The Morgan fingerprint density at radius 2 is 1.70 bits per heavy atom. The van der Waals surface area contributed by atoms with Gasteiger partial charge in [-0.1, -0.05) is 52.2 Å². The van der Waals surface area contributed by atoms with E-state index in [-0.39, 0.29) is 34.6 Å². The number of ether oxygens (including phenoxy) is 1. The number of carbonyl (C=O) groups is 3. The summed E-state index contributed by atoms with van der Waals surface area (Å²) in [5, 5.41) is 2.84. The van der Waals surface area contributed by atoms with Crippen LogP contribution in [0.5, 0.6) is 0 Å². The molecule has 2 aromatic rings. The summed E-state index contributed by atoms with van der Waals surface area (Å²) in [6.45, 7) is 6.87. The predicted octanol–water partition coefficient (Wildman–Crippen LogP) is 4.03. The van der Waals surface area contributed by atoms with Gasteiger partial charge in [0.1, 0.15) is 5.69 Å². The van der Waals surface area contributed by atoms with Gasteiger partial charge in [-0.2, -0.15) is 0 Å². The molecule has 0 radical (unpaired) electrons. The molecule has 0 aliphatic carbocycles. The number of amides is 2. The van der Waals surface area contributed by atoms with Gasteiger partial charge in [0.05, 0.1) is 17.1 Å². The van der Waals surface area contributed by atoms with Crippen molar-refractivity contribution in [3.05, 3.63) is 59.4 Å². The maximum Gasteiger partial charge on any atom is 0.356 e. The number of rotatable bonds is 15. The van der Waals surface area contributed by atoms with Crippen LogP contribution in [0.1, 0.15) is 85.7 Å². The first-order valence-electron chi connectivity index (χ1n) is 12.7. The fourth-order valence-corrected chi connectivity index (χ4v) is 4.40. The summed E-state index contributed by atoms with van der Waals surface area (Å²) in [6.07, 6.45) is 7.09. The van der Waals surface area contributed by atoms with E-state index in [0.717, 1.165) is 43.9 Å². The Hall–Kier alpha value is -3.27. The van der Waals surface area contributed by atoms with E-state index in [2.05, 4.69) is 17.2 Å². The Kier molecular flexibility index (Phi) is 12.2. The molecule has 9 nitrogen and oxygen atoms in total. The maximum atomic E-state index is 12.6. The lowest BCUT2D eigenvalue weighted by atomic mass is 10.1. The number of unbranched alkanes of at least 4 members (excludes halogenated alkanes) is 2. The largest absolute Gasteiger partial charge is 0.461 e. The molecule has 0 aliphatic heterocycles.